The fourth-order valence-electron chi connectivity index (χ4n) is 3.29. The Morgan fingerprint density at radius 1 is 1.33 bits per heavy atom. The van der Waals surface area contributed by atoms with E-state index in [1.807, 2.05) is 45.0 Å². The van der Waals surface area contributed by atoms with Gasteiger partial charge in [-0.1, -0.05) is 44.1 Å². The summed E-state index contributed by atoms with van der Waals surface area (Å²) in [5.41, 5.74) is 1.67. The van der Waals surface area contributed by atoms with Crippen molar-refractivity contribution in [1.82, 2.24) is 19.9 Å². The van der Waals surface area contributed by atoms with Gasteiger partial charge in [0.15, 0.2) is 5.82 Å². The maximum atomic E-state index is 13.0. The molecule has 144 valence electrons. The fraction of sp³-hybridized carbons (Fsp3) is 0.500. The molecular formula is C20H26N4O3. The first-order chi connectivity index (χ1) is 12.9. The zero-order valence-electron chi connectivity index (χ0n) is 16.3. The Bertz CT molecular complexity index is 830. The van der Waals surface area contributed by atoms with E-state index in [0.717, 1.165) is 5.56 Å². The van der Waals surface area contributed by atoms with Crippen LogP contribution in [0.1, 0.15) is 60.7 Å². The van der Waals surface area contributed by atoms with Crippen LogP contribution in [0.2, 0.25) is 0 Å². The molecule has 1 aliphatic rings. The highest BCUT2D eigenvalue weighted by Gasteiger charge is 2.36. The number of carbonyl (C=O) groups excluding carboxylic acids is 2. The molecule has 0 radical (unpaired) electrons. The van der Waals surface area contributed by atoms with Crippen molar-refractivity contribution in [3.8, 4) is 0 Å². The molecule has 0 fully saturated rings. The molecule has 0 unspecified atom stereocenters. The second-order valence-electron chi connectivity index (χ2n) is 7.23. The first-order valence-corrected chi connectivity index (χ1v) is 9.38. The Labute approximate surface area is 159 Å². The molecule has 2 heterocycles. The number of hydrogen-bond acceptors (Lipinski definition) is 5. The van der Waals surface area contributed by atoms with Crippen LogP contribution in [0.25, 0.3) is 0 Å². The first kappa shape index (κ1) is 19.1. The van der Waals surface area contributed by atoms with Crippen molar-refractivity contribution in [3.63, 3.8) is 0 Å². The molecule has 7 heteroatoms. The predicted molar refractivity (Wildman–Crippen MR) is 100 cm³/mol. The third kappa shape index (κ3) is 3.86. The Hall–Kier alpha value is -2.70. The third-order valence-electron chi connectivity index (χ3n) is 4.92. The van der Waals surface area contributed by atoms with E-state index in [4.69, 9.17) is 4.52 Å². The molecule has 0 bridgehead atoms. The number of fused-ring (bicyclic) bond motifs is 1. The number of benzene rings is 1. The van der Waals surface area contributed by atoms with Crippen LogP contribution in [0.3, 0.4) is 0 Å². The van der Waals surface area contributed by atoms with Gasteiger partial charge in [0.2, 0.25) is 11.8 Å². The van der Waals surface area contributed by atoms with Gasteiger partial charge in [-0.2, -0.15) is 4.98 Å². The zero-order valence-corrected chi connectivity index (χ0v) is 16.3. The van der Waals surface area contributed by atoms with Crippen LogP contribution in [-0.2, 0) is 17.8 Å². The topological polar surface area (TPSA) is 79.5 Å². The van der Waals surface area contributed by atoms with Crippen LogP contribution >= 0.6 is 0 Å². The van der Waals surface area contributed by atoms with Gasteiger partial charge in [-0.15, -0.1) is 0 Å². The van der Waals surface area contributed by atoms with E-state index in [1.165, 1.54) is 0 Å². The van der Waals surface area contributed by atoms with Crippen molar-refractivity contribution in [2.75, 3.05) is 13.6 Å². The number of carbonyl (C=O) groups is 2. The molecule has 1 aromatic carbocycles. The summed E-state index contributed by atoms with van der Waals surface area (Å²) in [6, 6.07) is 7.07. The van der Waals surface area contributed by atoms with Gasteiger partial charge in [-0.25, -0.2) is 0 Å². The fourth-order valence-corrected chi connectivity index (χ4v) is 3.29. The van der Waals surface area contributed by atoms with Gasteiger partial charge in [-0.3, -0.25) is 9.59 Å². The smallest absolute Gasteiger partial charge is 0.255 e. The van der Waals surface area contributed by atoms with Crippen molar-refractivity contribution in [1.29, 1.82) is 0 Å². The van der Waals surface area contributed by atoms with Crippen LogP contribution < -0.4 is 0 Å². The van der Waals surface area contributed by atoms with E-state index in [9.17, 15) is 9.59 Å². The molecule has 0 aliphatic carbocycles. The summed E-state index contributed by atoms with van der Waals surface area (Å²) in [7, 11) is 1.75. The van der Waals surface area contributed by atoms with Crippen LogP contribution in [-0.4, -0.2) is 51.4 Å². The highest BCUT2D eigenvalue weighted by Crippen LogP contribution is 2.26. The minimum atomic E-state index is -0.466. The third-order valence-corrected chi connectivity index (χ3v) is 4.92. The highest BCUT2D eigenvalue weighted by atomic mass is 16.5. The van der Waals surface area contributed by atoms with Gasteiger partial charge in [-0.05, 0) is 18.1 Å². The molecule has 27 heavy (non-hydrogen) atoms. The number of hydrogen-bond donors (Lipinski definition) is 0. The molecule has 2 aromatic rings. The molecule has 3 rings (SSSR count). The second kappa shape index (κ2) is 7.90. The van der Waals surface area contributed by atoms with E-state index in [-0.39, 0.29) is 17.7 Å². The van der Waals surface area contributed by atoms with Crippen LogP contribution in [0, 0.1) is 0 Å². The van der Waals surface area contributed by atoms with Gasteiger partial charge < -0.3 is 14.3 Å². The van der Waals surface area contributed by atoms with Crippen LogP contribution in [0.5, 0.6) is 0 Å². The Kier molecular flexibility index (Phi) is 5.58. The van der Waals surface area contributed by atoms with Crippen molar-refractivity contribution in [3.05, 3.63) is 47.1 Å². The normalized spacial score (nSPS) is 14.6. The lowest BCUT2D eigenvalue weighted by molar-refractivity contribution is -0.135. The first-order valence-electron chi connectivity index (χ1n) is 9.38. The number of rotatable bonds is 7. The van der Waals surface area contributed by atoms with Gasteiger partial charge in [0.25, 0.3) is 5.91 Å². The molecule has 1 aliphatic heterocycles. The summed E-state index contributed by atoms with van der Waals surface area (Å²) in [4.78, 5) is 33.3. The van der Waals surface area contributed by atoms with Crippen molar-refractivity contribution >= 4 is 11.8 Å². The Morgan fingerprint density at radius 2 is 2.07 bits per heavy atom. The minimum absolute atomic E-state index is 0.0637. The SMILES string of the molecule is CC[C@@H](C(=O)N(C)CCc1noc(C(C)C)n1)N1Cc2ccccc2C1=O. The number of aromatic nitrogens is 2. The number of amides is 2. The summed E-state index contributed by atoms with van der Waals surface area (Å²) >= 11 is 0. The molecule has 7 nitrogen and oxygen atoms in total. The molecule has 0 saturated heterocycles. The van der Waals surface area contributed by atoms with Crippen molar-refractivity contribution < 1.29 is 14.1 Å². The largest absolute Gasteiger partial charge is 0.344 e. The second-order valence-corrected chi connectivity index (χ2v) is 7.23. The molecule has 1 aromatic heterocycles. The molecular weight excluding hydrogens is 344 g/mol. The lowest BCUT2D eigenvalue weighted by atomic mass is 10.1. The average molecular weight is 370 g/mol. The Balaban J connectivity index is 1.63. The van der Waals surface area contributed by atoms with Gasteiger partial charge in [0, 0.05) is 38.0 Å². The van der Waals surface area contributed by atoms with Gasteiger partial charge in [0.05, 0.1) is 0 Å². The summed E-state index contributed by atoms with van der Waals surface area (Å²) in [6.45, 7) is 6.87. The highest BCUT2D eigenvalue weighted by molar-refractivity contribution is 6.01. The molecule has 2 amide bonds. The Morgan fingerprint density at radius 3 is 2.70 bits per heavy atom. The lowest BCUT2D eigenvalue weighted by Gasteiger charge is -2.29. The number of likely N-dealkylation sites (N-methyl/N-ethyl adjacent to an activating group) is 1. The van der Waals surface area contributed by atoms with E-state index < -0.39 is 6.04 Å². The molecule has 0 spiro atoms. The van der Waals surface area contributed by atoms with Crippen molar-refractivity contribution in [2.24, 2.45) is 0 Å². The monoisotopic (exact) mass is 370 g/mol. The van der Waals surface area contributed by atoms with E-state index >= 15 is 0 Å². The predicted octanol–water partition coefficient (Wildman–Crippen LogP) is 2.63. The van der Waals surface area contributed by atoms with E-state index in [1.54, 1.807) is 16.8 Å². The summed E-state index contributed by atoms with van der Waals surface area (Å²) < 4.78 is 5.20. The van der Waals surface area contributed by atoms with Gasteiger partial charge >= 0.3 is 0 Å². The molecule has 0 N–H and O–H groups in total. The molecule has 1 atom stereocenters. The van der Waals surface area contributed by atoms with E-state index in [2.05, 4.69) is 10.1 Å². The lowest BCUT2D eigenvalue weighted by Crippen LogP contribution is -2.47. The zero-order chi connectivity index (χ0) is 19.6. The standard InChI is InChI=1S/C20H26N4O3/c1-5-16(24-12-14-8-6-7-9-15(14)19(24)25)20(26)23(4)11-10-17-21-18(13(2)3)27-22-17/h6-9,13,16H,5,10-12H2,1-4H3/t16-/m0/s1. The number of nitrogens with zero attached hydrogens (tertiary/aromatic N) is 4. The average Bonchev–Trinajstić information content (AvgIpc) is 3.26. The maximum Gasteiger partial charge on any atom is 0.255 e. The van der Waals surface area contributed by atoms with E-state index in [0.29, 0.717) is 43.2 Å². The summed E-state index contributed by atoms with van der Waals surface area (Å²) in [5.74, 6) is 1.24. The quantitative estimate of drug-likeness (QED) is 0.748. The minimum Gasteiger partial charge on any atom is -0.344 e. The van der Waals surface area contributed by atoms with Crippen LogP contribution in [0.4, 0.5) is 0 Å². The van der Waals surface area contributed by atoms with Gasteiger partial charge in [0.1, 0.15) is 6.04 Å². The summed E-state index contributed by atoms with van der Waals surface area (Å²) in [6.07, 6.45) is 1.09. The van der Waals surface area contributed by atoms with Crippen LogP contribution in [0.15, 0.2) is 28.8 Å². The summed E-state index contributed by atoms with van der Waals surface area (Å²) in [5, 5.41) is 3.96. The molecule has 0 saturated carbocycles. The van der Waals surface area contributed by atoms with Crippen molar-refractivity contribution in [2.45, 2.75) is 52.1 Å². The maximum absolute atomic E-state index is 13.0.